The zero-order chi connectivity index (χ0) is 22.2. The van der Waals surface area contributed by atoms with Gasteiger partial charge >= 0.3 is 0 Å². The number of benzene rings is 1. The van der Waals surface area contributed by atoms with Gasteiger partial charge in [-0.25, -0.2) is 0 Å². The van der Waals surface area contributed by atoms with Gasteiger partial charge in [0.15, 0.2) is 0 Å². The molecule has 0 radical (unpaired) electrons. The van der Waals surface area contributed by atoms with Gasteiger partial charge in [0.05, 0.1) is 16.7 Å². The lowest BCUT2D eigenvalue weighted by atomic mass is 9.89. The number of hydrogen-bond donors (Lipinski definition) is 0. The number of ether oxygens (including phenoxy) is 1. The molecule has 0 N–H and O–H groups in total. The van der Waals surface area contributed by atoms with Gasteiger partial charge in [-0.05, 0) is 43.9 Å². The molecule has 4 rings (SSSR count). The summed E-state index contributed by atoms with van der Waals surface area (Å²) in [6, 6.07) is 4.09. The predicted molar refractivity (Wildman–Crippen MR) is 117 cm³/mol. The third-order valence-electron chi connectivity index (χ3n) is 6.60. The molecule has 1 atom stereocenters. The van der Waals surface area contributed by atoms with Crippen LogP contribution < -0.4 is 0 Å². The molecule has 0 aromatic heterocycles. The van der Waals surface area contributed by atoms with Crippen LogP contribution in [0.2, 0.25) is 10.0 Å². The number of halogens is 2. The fourth-order valence-electron chi connectivity index (χ4n) is 4.88. The van der Waals surface area contributed by atoms with Crippen molar-refractivity contribution in [2.24, 2.45) is 0 Å². The van der Waals surface area contributed by atoms with Crippen LogP contribution in [0, 0.1) is 0 Å². The zero-order valence-electron chi connectivity index (χ0n) is 17.6. The van der Waals surface area contributed by atoms with Gasteiger partial charge in [-0.2, -0.15) is 0 Å². The van der Waals surface area contributed by atoms with E-state index in [4.69, 9.17) is 27.9 Å². The van der Waals surface area contributed by atoms with E-state index >= 15 is 0 Å². The molecule has 1 aromatic carbocycles. The van der Waals surface area contributed by atoms with E-state index in [1.165, 1.54) is 6.92 Å². The van der Waals surface area contributed by atoms with Crippen molar-refractivity contribution in [2.45, 2.75) is 50.8 Å². The van der Waals surface area contributed by atoms with E-state index in [-0.39, 0.29) is 24.3 Å². The SMILES string of the molecule is CC(=O)N1CCN(C(=O)C2COC3(CCCCC3)N2C(=O)c2ccc(Cl)c(Cl)c2)CC1. The van der Waals surface area contributed by atoms with E-state index in [0.29, 0.717) is 54.6 Å². The van der Waals surface area contributed by atoms with Gasteiger partial charge in [0.2, 0.25) is 11.8 Å². The second-order valence-electron chi connectivity index (χ2n) is 8.47. The number of carbonyl (C=O) groups is 3. The molecule has 0 bridgehead atoms. The Labute approximate surface area is 192 Å². The second-order valence-corrected chi connectivity index (χ2v) is 9.28. The summed E-state index contributed by atoms with van der Waals surface area (Å²) in [5.41, 5.74) is -0.368. The minimum Gasteiger partial charge on any atom is -0.353 e. The fraction of sp³-hybridized carbons (Fsp3) is 0.591. The molecule has 1 aromatic rings. The van der Waals surface area contributed by atoms with Gasteiger partial charge in [0.1, 0.15) is 11.8 Å². The number of amides is 3. The molecule has 1 unspecified atom stereocenters. The van der Waals surface area contributed by atoms with Crippen LogP contribution in [0.5, 0.6) is 0 Å². The predicted octanol–water partition coefficient (Wildman–Crippen LogP) is 3.19. The largest absolute Gasteiger partial charge is 0.353 e. The summed E-state index contributed by atoms with van der Waals surface area (Å²) in [7, 11) is 0. The van der Waals surface area contributed by atoms with Crippen molar-refractivity contribution in [3.8, 4) is 0 Å². The van der Waals surface area contributed by atoms with E-state index in [9.17, 15) is 14.4 Å². The van der Waals surface area contributed by atoms with Crippen molar-refractivity contribution in [3.63, 3.8) is 0 Å². The number of rotatable bonds is 2. The molecular weight excluding hydrogens is 441 g/mol. The molecule has 2 saturated heterocycles. The summed E-state index contributed by atoms with van der Waals surface area (Å²) >= 11 is 12.2. The van der Waals surface area contributed by atoms with Crippen LogP contribution in [0.25, 0.3) is 0 Å². The molecular formula is C22H27Cl2N3O4. The molecule has 1 aliphatic carbocycles. The number of piperazine rings is 1. The summed E-state index contributed by atoms with van der Waals surface area (Å²) in [5, 5.41) is 0.674. The van der Waals surface area contributed by atoms with Gasteiger partial charge in [-0.15, -0.1) is 0 Å². The molecule has 3 aliphatic rings. The maximum Gasteiger partial charge on any atom is 0.256 e. The van der Waals surface area contributed by atoms with Gasteiger partial charge < -0.3 is 14.5 Å². The summed E-state index contributed by atoms with van der Waals surface area (Å²) in [4.78, 5) is 43.9. The highest BCUT2D eigenvalue weighted by Gasteiger charge is 2.53. The van der Waals surface area contributed by atoms with Gasteiger partial charge in [0.25, 0.3) is 5.91 Å². The molecule has 31 heavy (non-hydrogen) atoms. The molecule has 168 valence electrons. The van der Waals surface area contributed by atoms with Crippen molar-refractivity contribution < 1.29 is 19.1 Å². The van der Waals surface area contributed by atoms with Crippen LogP contribution in [0.1, 0.15) is 49.4 Å². The van der Waals surface area contributed by atoms with Crippen LogP contribution >= 0.6 is 23.2 Å². The molecule has 3 fully saturated rings. The van der Waals surface area contributed by atoms with Crippen molar-refractivity contribution in [3.05, 3.63) is 33.8 Å². The van der Waals surface area contributed by atoms with Crippen LogP contribution in [-0.4, -0.2) is 77.0 Å². The van der Waals surface area contributed by atoms with E-state index in [2.05, 4.69) is 0 Å². The first-order valence-electron chi connectivity index (χ1n) is 10.8. The first-order chi connectivity index (χ1) is 14.8. The van der Waals surface area contributed by atoms with Crippen molar-refractivity contribution in [1.29, 1.82) is 0 Å². The van der Waals surface area contributed by atoms with Crippen molar-refractivity contribution >= 4 is 40.9 Å². The fourth-order valence-corrected chi connectivity index (χ4v) is 5.18. The van der Waals surface area contributed by atoms with Crippen LogP contribution in [0.15, 0.2) is 18.2 Å². The Bertz CT molecular complexity index is 880. The molecule has 2 aliphatic heterocycles. The zero-order valence-corrected chi connectivity index (χ0v) is 19.1. The number of hydrogen-bond acceptors (Lipinski definition) is 4. The van der Waals surface area contributed by atoms with Crippen molar-refractivity contribution in [1.82, 2.24) is 14.7 Å². The van der Waals surface area contributed by atoms with Gasteiger partial charge in [-0.1, -0.05) is 29.6 Å². The quantitative estimate of drug-likeness (QED) is 0.669. The highest BCUT2D eigenvalue weighted by molar-refractivity contribution is 6.42. The standard InChI is InChI=1S/C22H27Cl2N3O4/c1-15(28)25-9-11-26(12-10-25)21(30)19-14-31-22(7-3-2-4-8-22)27(19)20(29)16-5-6-17(23)18(24)13-16/h5-6,13,19H,2-4,7-12,14H2,1H3. The minimum atomic E-state index is -0.761. The number of nitrogens with zero attached hydrogens (tertiary/aromatic N) is 3. The first-order valence-corrected chi connectivity index (χ1v) is 11.5. The lowest BCUT2D eigenvalue weighted by Gasteiger charge is -2.43. The lowest BCUT2D eigenvalue weighted by Crippen LogP contribution is -2.59. The highest BCUT2D eigenvalue weighted by Crippen LogP contribution is 2.42. The van der Waals surface area contributed by atoms with E-state index < -0.39 is 11.8 Å². The topological polar surface area (TPSA) is 70.2 Å². The molecule has 1 saturated carbocycles. The molecule has 2 heterocycles. The van der Waals surface area contributed by atoms with Gasteiger partial charge in [-0.3, -0.25) is 19.3 Å². The van der Waals surface area contributed by atoms with Crippen LogP contribution in [-0.2, 0) is 14.3 Å². The van der Waals surface area contributed by atoms with Crippen molar-refractivity contribution in [2.75, 3.05) is 32.8 Å². The van der Waals surface area contributed by atoms with E-state index in [0.717, 1.165) is 19.3 Å². The Hall–Kier alpha value is -1.83. The third kappa shape index (κ3) is 4.28. The van der Waals surface area contributed by atoms with Gasteiger partial charge in [0, 0.05) is 38.7 Å². The summed E-state index contributed by atoms with van der Waals surface area (Å²) < 4.78 is 6.21. The molecule has 7 nitrogen and oxygen atoms in total. The second kappa shape index (κ2) is 8.96. The molecule has 3 amide bonds. The minimum absolute atomic E-state index is 0.00822. The van der Waals surface area contributed by atoms with Crippen LogP contribution in [0.3, 0.4) is 0 Å². The third-order valence-corrected chi connectivity index (χ3v) is 7.34. The Balaban J connectivity index is 1.60. The maximum absolute atomic E-state index is 13.6. The Kier molecular flexibility index (Phi) is 6.47. The summed E-state index contributed by atoms with van der Waals surface area (Å²) in [6.07, 6.45) is 4.40. The normalized spacial score (nSPS) is 23.3. The smallest absolute Gasteiger partial charge is 0.256 e. The lowest BCUT2D eigenvalue weighted by molar-refractivity contribution is -0.142. The molecule has 1 spiro atoms. The Morgan fingerprint density at radius 2 is 1.61 bits per heavy atom. The average Bonchev–Trinajstić information content (AvgIpc) is 3.13. The van der Waals surface area contributed by atoms with E-state index in [1.807, 2.05) is 0 Å². The maximum atomic E-state index is 13.6. The highest BCUT2D eigenvalue weighted by atomic mass is 35.5. The Morgan fingerprint density at radius 1 is 0.968 bits per heavy atom. The molecule has 9 heteroatoms. The van der Waals surface area contributed by atoms with Crippen LogP contribution in [0.4, 0.5) is 0 Å². The van der Waals surface area contributed by atoms with E-state index in [1.54, 1.807) is 32.9 Å². The average molecular weight is 468 g/mol. The first kappa shape index (κ1) is 22.4. The monoisotopic (exact) mass is 467 g/mol. The Morgan fingerprint density at radius 3 is 2.23 bits per heavy atom. The summed E-state index contributed by atoms with van der Waals surface area (Å²) in [6.45, 7) is 3.63. The summed E-state index contributed by atoms with van der Waals surface area (Å²) in [5.74, 6) is -0.383. The number of carbonyl (C=O) groups excluding carboxylic acids is 3.